The number of hydrogen-bond donors (Lipinski definition) is 1. The molecule has 0 unspecified atom stereocenters. The van der Waals surface area contributed by atoms with Crippen LogP contribution in [0.2, 0.25) is 0 Å². The molecule has 0 atom stereocenters. The molecule has 2 nitrogen and oxygen atoms in total. The number of carbonyl (C=O) groups is 1. The third kappa shape index (κ3) is 1.39. The normalized spacial score (nSPS) is 37.6. The molecule has 1 amide bonds. The Morgan fingerprint density at radius 1 is 1.09 bits per heavy atom. The molecule has 0 saturated carbocycles. The van der Waals surface area contributed by atoms with Crippen LogP contribution in [0.5, 0.6) is 0 Å². The quantitative estimate of drug-likeness (QED) is 0.560. The highest BCUT2D eigenvalue weighted by Crippen LogP contribution is 2.26. The van der Waals surface area contributed by atoms with Crippen LogP contribution in [0.4, 0.5) is 0 Å². The van der Waals surface area contributed by atoms with Gasteiger partial charge in [-0.2, -0.15) is 0 Å². The van der Waals surface area contributed by atoms with Crippen molar-refractivity contribution in [3.8, 4) is 0 Å². The molecule has 0 aromatic heterocycles. The number of amides is 1. The highest BCUT2D eigenvalue weighted by Gasteiger charge is 2.28. The summed E-state index contributed by atoms with van der Waals surface area (Å²) >= 11 is 0. The molecule has 2 bridgehead atoms. The molecule has 0 spiro atoms. The van der Waals surface area contributed by atoms with E-state index < -0.39 is 0 Å². The summed E-state index contributed by atoms with van der Waals surface area (Å²) in [5, 5.41) is 3.10. The summed E-state index contributed by atoms with van der Waals surface area (Å²) in [6.45, 7) is 0. The second-order valence-electron chi connectivity index (χ2n) is 3.76. The van der Waals surface area contributed by atoms with Crippen molar-refractivity contribution in [1.29, 1.82) is 0 Å². The molecule has 2 saturated heterocycles. The van der Waals surface area contributed by atoms with Gasteiger partial charge in [0, 0.05) is 12.0 Å². The zero-order chi connectivity index (χ0) is 7.68. The summed E-state index contributed by atoms with van der Waals surface area (Å²) in [4.78, 5) is 11.4. The molecule has 2 rings (SSSR count). The Morgan fingerprint density at radius 3 is 2.36 bits per heavy atom. The van der Waals surface area contributed by atoms with E-state index in [2.05, 4.69) is 5.32 Å². The third-order valence-corrected chi connectivity index (χ3v) is 2.93. The Hall–Kier alpha value is -0.530. The second kappa shape index (κ2) is 2.84. The maximum absolute atomic E-state index is 11.4. The minimum Gasteiger partial charge on any atom is -0.353 e. The van der Waals surface area contributed by atoms with Gasteiger partial charge in [-0.1, -0.05) is 12.8 Å². The molecule has 2 heterocycles. The van der Waals surface area contributed by atoms with Gasteiger partial charge < -0.3 is 5.32 Å². The topological polar surface area (TPSA) is 29.1 Å². The van der Waals surface area contributed by atoms with Crippen molar-refractivity contribution in [1.82, 2.24) is 5.32 Å². The van der Waals surface area contributed by atoms with Crippen molar-refractivity contribution in [3.05, 3.63) is 0 Å². The number of nitrogens with one attached hydrogen (secondary N) is 1. The van der Waals surface area contributed by atoms with Gasteiger partial charge in [0.05, 0.1) is 0 Å². The Morgan fingerprint density at radius 2 is 1.73 bits per heavy atom. The van der Waals surface area contributed by atoms with E-state index in [0.717, 1.165) is 12.8 Å². The maximum Gasteiger partial charge on any atom is 0.223 e. The first-order chi connectivity index (χ1) is 5.36. The average molecular weight is 153 g/mol. The van der Waals surface area contributed by atoms with E-state index in [1.165, 1.54) is 25.7 Å². The highest BCUT2D eigenvalue weighted by molar-refractivity contribution is 5.79. The van der Waals surface area contributed by atoms with Gasteiger partial charge in [-0.05, 0) is 25.7 Å². The van der Waals surface area contributed by atoms with E-state index in [1.807, 2.05) is 0 Å². The standard InChI is InChI=1S/C9H15NO/c11-9-7-3-1-5-8(10-9)6-2-4-7/h7-8H,1-6H2,(H,10,11). The molecule has 0 aliphatic carbocycles. The van der Waals surface area contributed by atoms with Crippen LogP contribution in [-0.4, -0.2) is 11.9 Å². The van der Waals surface area contributed by atoms with Gasteiger partial charge in [-0.15, -0.1) is 0 Å². The molecule has 0 aromatic rings. The van der Waals surface area contributed by atoms with E-state index in [-0.39, 0.29) is 0 Å². The lowest BCUT2D eigenvalue weighted by molar-refractivity contribution is -0.124. The van der Waals surface area contributed by atoms with Crippen molar-refractivity contribution in [2.24, 2.45) is 5.92 Å². The average Bonchev–Trinajstić information content (AvgIpc) is 2.16. The lowest BCUT2D eigenvalue weighted by Crippen LogP contribution is -2.33. The summed E-state index contributed by atoms with van der Waals surface area (Å²) in [6.07, 6.45) is 7.16. The zero-order valence-electron chi connectivity index (χ0n) is 6.81. The van der Waals surface area contributed by atoms with E-state index in [4.69, 9.17) is 0 Å². The van der Waals surface area contributed by atoms with Crippen LogP contribution < -0.4 is 5.32 Å². The van der Waals surface area contributed by atoms with Crippen molar-refractivity contribution in [2.45, 2.75) is 44.6 Å². The Balaban J connectivity index is 2.14. The fraction of sp³-hybridized carbons (Fsp3) is 0.889. The lowest BCUT2D eigenvalue weighted by atomic mass is 9.92. The molecule has 0 radical (unpaired) electrons. The Kier molecular flexibility index (Phi) is 1.84. The van der Waals surface area contributed by atoms with Crippen molar-refractivity contribution in [2.75, 3.05) is 0 Å². The third-order valence-electron chi connectivity index (χ3n) is 2.93. The number of fused-ring (bicyclic) bond motifs is 3. The summed E-state index contributed by atoms with van der Waals surface area (Å²) in [6, 6.07) is 0.509. The molecule has 11 heavy (non-hydrogen) atoms. The molecule has 2 heteroatoms. The number of carbonyl (C=O) groups excluding carboxylic acids is 1. The fourth-order valence-corrected chi connectivity index (χ4v) is 2.24. The Labute approximate surface area is 67.4 Å². The summed E-state index contributed by atoms with van der Waals surface area (Å²) < 4.78 is 0. The predicted octanol–water partition coefficient (Wildman–Crippen LogP) is 1.46. The number of rotatable bonds is 0. The van der Waals surface area contributed by atoms with Crippen LogP contribution in [0.15, 0.2) is 0 Å². The van der Waals surface area contributed by atoms with Gasteiger partial charge in [0.15, 0.2) is 0 Å². The largest absolute Gasteiger partial charge is 0.353 e. The van der Waals surface area contributed by atoms with Crippen LogP contribution in [0.25, 0.3) is 0 Å². The van der Waals surface area contributed by atoms with Crippen molar-refractivity contribution in [3.63, 3.8) is 0 Å². The minimum atomic E-state index is 0.324. The van der Waals surface area contributed by atoms with Crippen LogP contribution in [-0.2, 0) is 4.79 Å². The van der Waals surface area contributed by atoms with Gasteiger partial charge in [-0.25, -0.2) is 0 Å². The van der Waals surface area contributed by atoms with E-state index in [0.29, 0.717) is 17.9 Å². The summed E-state index contributed by atoms with van der Waals surface area (Å²) in [5.41, 5.74) is 0. The minimum absolute atomic E-state index is 0.324. The van der Waals surface area contributed by atoms with Gasteiger partial charge in [0.1, 0.15) is 0 Å². The van der Waals surface area contributed by atoms with Gasteiger partial charge in [0.25, 0.3) is 0 Å². The smallest absolute Gasteiger partial charge is 0.223 e. The number of hydrogen-bond acceptors (Lipinski definition) is 1. The van der Waals surface area contributed by atoms with Crippen molar-refractivity contribution >= 4 is 5.91 Å². The van der Waals surface area contributed by atoms with E-state index in [1.54, 1.807) is 0 Å². The van der Waals surface area contributed by atoms with Crippen LogP contribution in [0.1, 0.15) is 38.5 Å². The van der Waals surface area contributed by atoms with Gasteiger partial charge in [-0.3, -0.25) is 4.79 Å². The van der Waals surface area contributed by atoms with Crippen LogP contribution in [0, 0.1) is 5.92 Å². The molecule has 2 aliphatic heterocycles. The molecule has 2 fully saturated rings. The first-order valence-corrected chi connectivity index (χ1v) is 4.66. The lowest BCUT2D eigenvalue weighted by Gasteiger charge is -2.12. The summed E-state index contributed by atoms with van der Waals surface area (Å²) in [7, 11) is 0. The van der Waals surface area contributed by atoms with Crippen LogP contribution >= 0.6 is 0 Å². The zero-order valence-corrected chi connectivity index (χ0v) is 6.81. The summed E-state index contributed by atoms with van der Waals surface area (Å²) in [5.74, 6) is 0.674. The monoisotopic (exact) mass is 153 g/mol. The first-order valence-electron chi connectivity index (χ1n) is 4.66. The van der Waals surface area contributed by atoms with E-state index >= 15 is 0 Å². The van der Waals surface area contributed by atoms with E-state index in [9.17, 15) is 4.79 Å². The van der Waals surface area contributed by atoms with Gasteiger partial charge >= 0.3 is 0 Å². The fourth-order valence-electron chi connectivity index (χ4n) is 2.24. The molecule has 2 aliphatic rings. The molecule has 62 valence electrons. The molecular formula is C9H15NO. The van der Waals surface area contributed by atoms with Crippen molar-refractivity contribution < 1.29 is 4.79 Å². The molecule has 0 aromatic carbocycles. The first kappa shape index (κ1) is 7.14. The van der Waals surface area contributed by atoms with Gasteiger partial charge in [0.2, 0.25) is 5.91 Å². The second-order valence-corrected chi connectivity index (χ2v) is 3.76. The maximum atomic E-state index is 11.4. The highest BCUT2D eigenvalue weighted by atomic mass is 16.2. The predicted molar refractivity (Wildman–Crippen MR) is 43.1 cm³/mol. The van der Waals surface area contributed by atoms with Crippen LogP contribution in [0.3, 0.4) is 0 Å². The Bertz CT molecular complexity index is 157. The molecular weight excluding hydrogens is 138 g/mol. The molecule has 1 N–H and O–H groups in total. The SMILES string of the molecule is O=C1NC2CCCC1CCC2.